The van der Waals surface area contributed by atoms with E-state index in [1.54, 1.807) is 0 Å². The van der Waals surface area contributed by atoms with Gasteiger partial charge in [0.2, 0.25) is 5.88 Å². The third-order valence-electron chi connectivity index (χ3n) is 4.56. The summed E-state index contributed by atoms with van der Waals surface area (Å²) in [5.74, 6) is -3.54. The zero-order valence-electron chi connectivity index (χ0n) is 17.3. The highest BCUT2D eigenvalue weighted by molar-refractivity contribution is 7.10. The van der Waals surface area contributed by atoms with E-state index in [-0.39, 0.29) is 16.9 Å². The Balaban J connectivity index is 1.94. The van der Waals surface area contributed by atoms with E-state index >= 15 is 0 Å². The Bertz CT molecular complexity index is 1210. The molecule has 0 saturated heterocycles. The lowest BCUT2D eigenvalue weighted by molar-refractivity contribution is -0.141. The minimum Gasteiger partial charge on any atom is -0.478 e. The quantitative estimate of drug-likeness (QED) is 0.430. The summed E-state index contributed by atoms with van der Waals surface area (Å²) in [6.07, 6.45) is -9.74. The molecular weight excluding hydrogens is 492 g/mol. The molecule has 0 radical (unpaired) electrons. The molecule has 0 aliphatic heterocycles. The number of thiophene rings is 1. The van der Waals surface area contributed by atoms with E-state index in [1.807, 2.05) is 0 Å². The Kier molecular flexibility index (Phi) is 6.64. The number of ether oxygens (including phenoxy) is 1. The van der Waals surface area contributed by atoms with E-state index < -0.39 is 58.0 Å². The Hall–Kier alpha value is -3.55. The average Bonchev–Trinajstić information content (AvgIpc) is 3.33. The van der Waals surface area contributed by atoms with Gasteiger partial charge in [-0.05, 0) is 24.6 Å². The van der Waals surface area contributed by atoms with Gasteiger partial charge in [0.05, 0.1) is 11.6 Å². The molecule has 0 spiro atoms. The molecule has 14 heteroatoms. The normalized spacial score (nSPS) is 12.9. The number of carbonyl (C=O) groups excluding carboxylic acids is 1. The lowest BCUT2D eigenvalue weighted by atomic mass is 10.1. The zero-order chi connectivity index (χ0) is 25.4. The predicted molar refractivity (Wildman–Crippen MR) is 107 cm³/mol. The van der Waals surface area contributed by atoms with Gasteiger partial charge in [-0.3, -0.25) is 4.79 Å². The van der Waals surface area contributed by atoms with Gasteiger partial charge in [0.25, 0.3) is 5.91 Å². The van der Waals surface area contributed by atoms with E-state index in [0.717, 1.165) is 12.4 Å². The van der Waals surface area contributed by atoms with Crippen LogP contribution in [0.15, 0.2) is 35.7 Å². The minimum absolute atomic E-state index is 0.0291. The van der Waals surface area contributed by atoms with Crippen LogP contribution in [0.2, 0.25) is 0 Å². The Morgan fingerprint density at radius 1 is 1.12 bits per heavy atom. The summed E-state index contributed by atoms with van der Waals surface area (Å²) >= 11 is 0.275. The predicted octanol–water partition coefficient (Wildman–Crippen LogP) is 5.50. The standard InChI is InChI=1S/C20H15F6N3O4S/c1-9(10-3-5-11(6-4-10)18(31)32)27-16(30)14-15(20(24,25)26)28-29(2)17(14)33-12-7-13(34-8-12)19(21,22)23/h3-9H,1-2H3,(H,27,30)(H,31,32)/t9-/m0/s1. The summed E-state index contributed by atoms with van der Waals surface area (Å²) in [6.45, 7) is 1.45. The van der Waals surface area contributed by atoms with Gasteiger partial charge < -0.3 is 15.2 Å². The number of amides is 1. The van der Waals surface area contributed by atoms with Crippen LogP contribution in [0.4, 0.5) is 26.3 Å². The van der Waals surface area contributed by atoms with Gasteiger partial charge in [0.1, 0.15) is 16.2 Å². The number of hydrogen-bond acceptors (Lipinski definition) is 5. The second-order valence-corrected chi connectivity index (χ2v) is 7.93. The molecule has 0 saturated carbocycles. The first-order valence-corrected chi connectivity index (χ1v) is 10.2. The zero-order valence-corrected chi connectivity index (χ0v) is 18.1. The van der Waals surface area contributed by atoms with E-state index in [1.165, 1.54) is 31.2 Å². The molecule has 0 aliphatic carbocycles. The molecule has 1 amide bonds. The second kappa shape index (κ2) is 9.00. The van der Waals surface area contributed by atoms with Crippen molar-refractivity contribution in [2.75, 3.05) is 0 Å². The molecule has 3 aromatic rings. The molecule has 34 heavy (non-hydrogen) atoms. The second-order valence-electron chi connectivity index (χ2n) is 7.02. The Morgan fingerprint density at radius 3 is 2.24 bits per heavy atom. The first-order valence-electron chi connectivity index (χ1n) is 9.30. The van der Waals surface area contributed by atoms with Crippen molar-refractivity contribution < 1.29 is 45.8 Å². The van der Waals surface area contributed by atoms with Crippen LogP contribution < -0.4 is 10.1 Å². The number of alkyl halides is 6. The van der Waals surface area contributed by atoms with Crippen LogP contribution in [0.5, 0.6) is 11.6 Å². The van der Waals surface area contributed by atoms with E-state index in [4.69, 9.17) is 9.84 Å². The lowest BCUT2D eigenvalue weighted by Crippen LogP contribution is -2.28. The highest BCUT2D eigenvalue weighted by Gasteiger charge is 2.42. The van der Waals surface area contributed by atoms with Gasteiger partial charge in [0, 0.05) is 18.5 Å². The largest absolute Gasteiger partial charge is 0.478 e. The lowest BCUT2D eigenvalue weighted by Gasteiger charge is -2.16. The molecule has 2 heterocycles. The van der Waals surface area contributed by atoms with Crippen molar-refractivity contribution in [3.8, 4) is 11.6 Å². The van der Waals surface area contributed by atoms with E-state index in [2.05, 4.69) is 10.4 Å². The number of benzene rings is 1. The van der Waals surface area contributed by atoms with Gasteiger partial charge in [0.15, 0.2) is 5.69 Å². The molecule has 0 fully saturated rings. The summed E-state index contributed by atoms with van der Waals surface area (Å²) in [5, 5.41) is 15.5. The number of carboxylic acid groups (broad SMARTS) is 1. The fourth-order valence-electron chi connectivity index (χ4n) is 2.93. The van der Waals surface area contributed by atoms with Gasteiger partial charge in [-0.15, -0.1) is 11.3 Å². The number of aryl methyl sites for hydroxylation is 1. The number of hydrogen-bond donors (Lipinski definition) is 2. The maximum absolute atomic E-state index is 13.6. The van der Waals surface area contributed by atoms with Crippen molar-refractivity contribution in [3.05, 3.63) is 63.0 Å². The molecule has 182 valence electrons. The van der Waals surface area contributed by atoms with Crippen LogP contribution in [0, 0.1) is 0 Å². The van der Waals surface area contributed by atoms with Crippen LogP contribution in [0.25, 0.3) is 0 Å². The monoisotopic (exact) mass is 507 g/mol. The summed E-state index contributed by atoms with van der Waals surface area (Å²) < 4.78 is 85.1. The number of aromatic nitrogens is 2. The van der Waals surface area contributed by atoms with E-state index in [0.29, 0.717) is 16.3 Å². The number of nitrogens with zero attached hydrogens (tertiary/aromatic N) is 2. The van der Waals surface area contributed by atoms with Crippen LogP contribution in [-0.4, -0.2) is 26.8 Å². The smallest absolute Gasteiger partial charge is 0.436 e. The van der Waals surface area contributed by atoms with Crippen LogP contribution in [0.1, 0.15) is 49.8 Å². The molecular formula is C20H15F6N3O4S. The van der Waals surface area contributed by atoms with E-state index in [9.17, 15) is 35.9 Å². The molecule has 3 rings (SSSR count). The fourth-order valence-corrected chi connectivity index (χ4v) is 3.60. The number of halogens is 6. The van der Waals surface area contributed by atoms with Crippen LogP contribution >= 0.6 is 11.3 Å². The first kappa shape index (κ1) is 25.1. The highest BCUT2D eigenvalue weighted by atomic mass is 32.1. The highest BCUT2D eigenvalue weighted by Crippen LogP contribution is 2.40. The molecule has 7 nitrogen and oxygen atoms in total. The SMILES string of the molecule is C[C@H](NC(=O)c1c(C(F)(F)F)nn(C)c1Oc1csc(C(F)(F)F)c1)c1ccc(C(=O)O)cc1. The van der Waals surface area contributed by atoms with Gasteiger partial charge in [-0.1, -0.05) is 12.1 Å². The number of rotatable bonds is 6. The van der Waals surface area contributed by atoms with Gasteiger partial charge >= 0.3 is 18.3 Å². The minimum atomic E-state index is -5.07. The van der Waals surface area contributed by atoms with Crippen molar-refractivity contribution >= 4 is 23.2 Å². The molecule has 0 bridgehead atoms. The summed E-state index contributed by atoms with van der Waals surface area (Å²) in [4.78, 5) is 22.8. The van der Waals surface area contributed by atoms with Crippen molar-refractivity contribution in [2.45, 2.75) is 25.3 Å². The molecule has 2 N–H and O–H groups in total. The van der Waals surface area contributed by atoms with Crippen molar-refractivity contribution in [1.82, 2.24) is 15.1 Å². The molecule has 1 aromatic carbocycles. The molecule has 0 unspecified atom stereocenters. The molecule has 0 aliphatic rings. The van der Waals surface area contributed by atoms with Gasteiger partial charge in [-0.2, -0.15) is 31.4 Å². The van der Waals surface area contributed by atoms with Crippen LogP contribution in [-0.2, 0) is 19.4 Å². The van der Waals surface area contributed by atoms with Crippen molar-refractivity contribution in [1.29, 1.82) is 0 Å². The third-order valence-corrected chi connectivity index (χ3v) is 5.52. The summed E-state index contributed by atoms with van der Waals surface area (Å²) in [5.41, 5.74) is -2.23. The first-order chi connectivity index (χ1) is 15.7. The number of carbonyl (C=O) groups is 2. The average molecular weight is 507 g/mol. The number of carboxylic acids is 1. The maximum atomic E-state index is 13.6. The Morgan fingerprint density at radius 2 is 1.74 bits per heavy atom. The van der Waals surface area contributed by atoms with Crippen LogP contribution in [0.3, 0.4) is 0 Å². The molecule has 2 aromatic heterocycles. The number of aromatic carboxylic acids is 1. The molecule has 1 atom stereocenters. The fraction of sp³-hybridized carbons (Fsp3) is 0.250. The van der Waals surface area contributed by atoms with Crippen molar-refractivity contribution in [3.63, 3.8) is 0 Å². The summed E-state index contributed by atoms with van der Waals surface area (Å²) in [6, 6.07) is 5.01. The Labute approximate surface area is 191 Å². The maximum Gasteiger partial charge on any atom is 0.436 e. The number of nitrogens with one attached hydrogen (secondary N) is 1. The summed E-state index contributed by atoms with van der Waals surface area (Å²) in [7, 11) is 1.05. The van der Waals surface area contributed by atoms with Gasteiger partial charge in [-0.25, -0.2) is 9.48 Å². The topological polar surface area (TPSA) is 93.5 Å². The third kappa shape index (κ3) is 5.32. The van der Waals surface area contributed by atoms with Crippen molar-refractivity contribution in [2.24, 2.45) is 7.05 Å².